The molecule has 3 saturated heterocycles. The van der Waals surface area contributed by atoms with Crippen LogP contribution in [0.4, 0.5) is 0 Å². The monoisotopic (exact) mass is 740 g/mol. The van der Waals surface area contributed by atoms with E-state index in [9.17, 15) is 61.0 Å². The minimum Gasteiger partial charge on any atom is -0.508 e. The van der Waals surface area contributed by atoms with Crippen molar-refractivity contribution in [2.24, 2.45) is 0 Å². The quantitative estimate of drug-likeness (QED) is 0.110. The number of benzene rings is 2. The zero-order valence-corrected chi connectivity index (χ0v) is 27.5. The van der Waals surface area contributed by atoms with Crippen molar-refractivity contribution >= 4 is 11.0 Å². The van der Waals surface area contributed by atoms with Gasteiger partial charge in [0.05, 0.1) is 18.8 Å². The van der Waals surface area contributed by atoms with Crippen LogP contribution in [0.5, 0.6) is 23.0 Å². The molecule has 0 amide bonds. The number of aliphatic hydroxyl groups is 9. The molecule has 0 aliphatic carbocycles. The lowest BCUT2D eigenvalue weighted by molar-refractivity contribution is -0.318. The maximum Gasteiger partial charge on any atom is 0.239 e. The highest BCUT2D eigenvalue weighted by molar-refractivity contribution is 5.88. The van der Waals surface area contributed by atoms with E-state index in [0.29, 0.717) is 0 Å². The fourth-order valence-electron chi connectivity index (χ4n) is 6.10. The Morgan fingerprint density at radius 1 is 0.635 bits per heavy atom. The lowest BCUT2D eigenvalue weighted by atomic mass is 9.98. The van der Waals surface area contributed by atoms with Crippen molar-refractivity contribution in [3.63, 3.8) is 0 Å². The van der Waals surface area contributed by atoms with E-state index in [-0.39, 0.29) is 22.7 Å². The van der Waals surface area contributed by atoms with Crippen LogP contribution in [0.15, 0.2) is 45.6 Å². The number of rotatable bonds is 8. The van der Waals surface area contributed by atoms with Gasteiger partial charge in [-0.05, 0) is 38.1 Å². The van der Waals surface area contributed by atoms with Gasteiger partial charge in [-0.15, -0.1) is 0 Å². The second-order valence-electron chi connectivity index (χ2n) is 12.9. The molecule has 2 aromatic carbocycles. The van der Waals surface area contributed by atoms with Crippen molar-refractivity contribution < 1.29 is 89.0 Å². The van der Waals surface area contributed by atoms with Gasteiger partial charge >= 0.3 is 0 Å². The second-order valence-corrected chi connectivity index (χ2v) is 12.9. The first-order valence-corrected chi connectivity index (χ1v) is 16.2. The van der Waals surface area contributed by atoms with Gasteiger partial charge in [-0.3, -0.25) is 4.79 Å². The molecule has 3 aromatic rings. The summed E-state index contributed by atoms with van der Waals surface area (Å²) in [5.74, 6) is -1.99. The smallest absolute Gasteiger partial charge is 0.239 e. The average Bonchev–Trinajstić information content (AvgIpc) is 3.11. The lowest BCUT2D eigenvalue weighted by Gasteiger charge is -2.42. The molecule has 286 valence electrons. The summed E-state index contributed by atoms with van der Waals surface area (Å²) < 4.78 is 39.4. The van der Waals surface area contributed by atoms with Gasteiger partial charge in [-0.2, -0.15) is 0 Å². The van der Waals surface area contributed by atoms with E-state index in [1.807, 2.05) is 0 Å². The van der Waals surface area contributed by atoms with Gasteiger partial charge in [0.2, 0.25) is 23.8 Å². The van der Waals surface area contributed by atoms with Crippen molar-refractivity contribution in [3.05, 3.63) is 46.6 Å². The number of hydrogen-bond acceptors (Lipinski definition) is 19. The molecule has 0 spiro atoms. The van der Waals surface area contributed by atoms with Crippen molar-refractivity contribution in [1.82, 2.24) is 0 Å². The number of aliphatic hydroxyl groups excluding tert-OH is 9. The van der Waals surface area contributed by atoms with Crippen LogP contribution in [0, 0.1) is 0 Å². The molecule has 3 aliphatic heterocycles. The van der Waals surface area contributed by atoms with Gasteiger partial charge < -0.3 is 89.0 Å². The van der Waals surface area contributed by atoms with E-state index < -0.39 is 127 Å². The zero-order valence-electron chi connectivity index (χ0n) is 27.5. The third kappa shape index (κ3) is 7.16. The molecule has 52 heavy (non-hydrogen) atoms. The number of fused-ring (bicyclic) bond motifs is 1. The molecule has 1 aromatic heterocycles. The Hall–Kier alpha value is -3.67. The number of ether oxygens (including phenoxy) is 6. The Bertz CT molecular complexity index is 1770. The zero-order chi connectivity index (χ0) is 37.8. The Balaban J connectivity index is 1.29. The van der Waals surface area contributed by atoms with Crippen molar-refractivity contribution in [2.45, 2.75) is 106 Å². The summed E-state index contributed by atoms with van der Waals surface area (Å²) in [6.07, 6.45) is -23.0. The molecule has 11 N–H and O–H groups in total. The molecule has 19 heteroatoms. The molecule has 3 aliphatic rings. The van der Waals surface area contributed by atoms with Crippen LogP contribution in [-0.4, -0.2) is 155 Å². The summed E-state index contributed by atoms with van der Waals surface area (Å²) in [5, 5.41) is 113. The average molecular weight is 741 g/mol. The van der Waals surface area contributed by atoms with Crippen LogP contribution in [-0.2, 0) is 18.9 Å². The number of hydrogen-bond donors (Lipinski definition) is 11. The van der Waals surface area contributed by atoms with Crippen LogP contribution >= 0.6 is 0 Å². The van der Waals surface area contributed by atoms with Gasteiger partial charge in [-0.25, -0.2) is 0 Å². The van der Waals surface area contributed by atoms with Crippen molar-refractivity contribution in [2.75, 3.05) is 6.61 Å². The van der Waals surface area contributed by atoms with E-state index in [1.165, 1.54) is 38.1 Å². The maximum absolute atomic E-state index is 13.9. The highest BCUT2D eigenvalue weighted by Gasteiger charge is 2.48. The summed E-state index contributed by atoms with van der Waals surface area (Å²) in [6, 6.07) is 7.45. The minimum absolute atomic E-state index is 0.110. The summed E-state index contributed by atoms with van der Waals surface area (Å²) in [6.45, 7) is 2.29. The predicted octanol–water partition coefficient (Wildman–Crippen LogP) is -2.89. The van der Waals surface area contributed by atoms with Gasteiger partial charge in [0.15, 0.2) is 12.1 Å². The SMILES string of the molecule is C[C@@H]1O[C@@H](OC[C@H]2O[C@@H](Oc3c(-c4ccc(O[C@H]5O[C@@H](C)[C@H](O)[C@@H](O)[C@H]5O)cc4)oc4cc(O)cc(O)c4c3=O)[C@H](O)[C@@H](O)[C@H]2O)[C@H](O)[C@H](O)[C@H]1O. The van der Waals surface area contributed by atoms with Crippen molar-refractivity contribution in [1.29, 1.82) is 0 Å². The van der Waals surface area contributed by atoms with Gasteiger partial charge in [0, 0.05) is 17.7 Å². The second kappa shape index (κ2) is 15.0. The molecular formula is C33H40O19. The first-order valence-electron chi connectivity index (χ1n) is 16.2. The molecule has 0 unspecified atom stereocenters. The normalized spacial score (nSPS) is 38.2. The molecule has 0 radical (unpaired) electrons. The molecule has 0 saturated carbocycles. The van der Waals surface area contributed by atoms with Crippen LogP contribution in [0.25, 0.3) is 22.3 Å². The summed E-state index contributed by atoms with van der Waals surface area (Å²) in [5.41, 5.74) is -1.15. The predicted molar refractivity (Wildman–Crippen MR) is 170 cm³/mol. The molecular weight excluding hydrogens is 700 g/mol. The first-order chi connectivity index (χ1) is 24.6. The Morgan fingerprint density at radius 2 is 1.17 bits per heavy atom. The number of phenols is 2. The Labute approximate surface area is 293 Å². The Morgan fingerprint density at radius 3 is 1.79 bits per heavy atom. The fourth-order valence-corrected chi connectivity index (χ4v) is 6.10. The highest BCUT2D eigenvalue weighted by atomic mass is 16.7. The molecule has 4 heterocycles. The third-order valence-corrected chi connectivity index (χ3v) is 9.23. The highest BCUT2D eigenvalue weighted by Crippen LogP contribution is 2.38. The molecule has 19 nitrogen and oxygen atoms in total. The molecule has 15 atom stereocenters. The largest absolute Gasteiger partial charge is 0.508 e. The van der Waals surface area contributed by atoms with Gasteiger partial charge in [-0.1, -0.05) is 0 Å². The van der Waals surface area contributed by atoms with E-state index in [0.717, 1.165) is 12.1 Å². The van der Waals surface area contributed by atoms with Crippen LogP contribution < -0.4 is 14.9 Å². The van der Waals surface area contributed by atoms with Crippen LogP contribution in [0.2, 0.25) is 0 Å². The third-order valence-electron chi connectivity index (χ3n) is 9.23. The number of phenolic OH excluding ortho intramolecular Hbond substituents is 2. The number of aromatic hydroxyl groups is 2. The fraction of sp³-hybridized carbons (Fsp3) is 0.545. The summed E-state index contributed by atoms with van der Waals surface area (Å²) in [7, 11) is 0. The van der Waals surface area contributed by atoms with Crippen LogP contribution in [0.3, 0.4) is 0 Å². The first kappa shape index (κ1) is 38.1. The summed E-state index contributed by atoms with van der Waals surface area (Å²) in [4.78, 5) is 13.9. The Kier molecular flexibility index (Phi) is 11.0. The van der Waals surface area contributed by atoms with E-state index >= 15 is 0 Å². The minimum atomic E-state index is -1.98. The van der Waals surface area contributed by atoms with E-state index in [4.69, 9.17) is 32.8 Å². The van der Waals surface area contributed by atoms with Gasteiger partial charge in [0.1, 0.15) is 89.3 Å². The maximum atomic E-state index is 13.9. The molecule has 3 fully saturated rings. The van der Waals surface area contributed by atoms with Crippen LogP contribution in [0.1, 0.15) is 13.8 Å². The van der Waals surface area contributed by atoms with Gasteiger partial charge in [0.25, 0.3) is 0 Å². The van der Waals surface area contributed by atoms with E-state index in [1.54, 1.807) is 0 Å². The molecule has 0 bridgehead atoms. The lowest BCUT2D eigenvalue weighted by Crippen LogP contribution is -2.61. The molecule has 6 rings (SSSR count). The topological polar surface area (TPSA) is 308 Å². The summed E-state index contributed by atoms with van der Waals surface area (Å²) >= 11 is 0. The van der Waals surface area contributed by atoms with E-state index in [2.05, 4.69) is 0 Å². The van der Waals surface area contributed by atoms with Crippen molar-refractivity contribution in [3.8, 4) is 34.3 Å². The standard InChI is InChI=1S/C33H40O19/c1-10-19(36)23(40)26(43)31(47-10)46-9-17-21(38)25(42)28(45)33(51-17)52-30-22(39)18-15(35)7-13(34)8-16(18)50-29(30)12-3-5-14(6-4-12)49-32-27(44)24(41)20(37)11(2)48-32/h3-8,10-11,17,19-21,23-28,31-38,40-45H,9H2,1-2H3/t10-,11-,17+,19-,20-,21-,23+,24+,25-,26+,27+,28+,31+,32+,33-/m0/s1.